The molecule has 0 aliphatic carbocycles. The number of rotatable bonds is 12. The predicted molar refractivity (Wildman–Crippen MR) is 184 cm³/mol. The summed E-state index contributed by atoms with van der Waals surface area (Å²) in [6.07, 6.45) is 0. The molecule has 1 fully saturated rings. The van der Waals surface area contributed by atoms with Gasteiger partial charge in [-0.05, 0) is 22.3 Å². The molecule has 1 saturated heterocycles. The summed E-state index contributed by atoms with van der Waals surface area (Å²) in [6, 6.07) is 26.8. The van der Waals surface area contributed by atoms with Crippen LogP contribution in [0.5, 0.6) is 0 Å². The number of nitrogens with zero attached hydrogens (tertiary/aromatic N) is 4. The van der Waals surface area contributed by atoms with Crippen molar-refractivity contribution in [3.8, 4) is 0 Å². The normalized spacial score (nSPS) is 14.6. The Morgan fingerprint density at radius 2 is 0.500 bits per heavy atom. The number of hydrogen-bond donors (Lipinski definition) is 0. The van der Waals surface area contributed by atoms with Gasteiger partial charge in [0.15, 0.2) is 0 Å². The zero-order valence-corrected chi connectivity index (χ0v) is 40.8. The Labute approximate surface area is 416 Å². The van der Waals surface area contributed by atoms with E-state index in [0.29, 0.717) is 101 Å². The summed E-state index contributed by atoms with van der Waals surface area (Å²) in [5, 5.41) is 47.9. The van der Waals surface area contributed by atoms with E-state index < -0.39 is 23.9 Å². The summed E-state index contributed by atoms with van der Waals surface area (Å²) in [5.41, 5.74) is 2.76. The van der Waals surface area contributed by atoms with Crippen LogP contribution in [0.25, 0.3) is 0 Å². The Morgan fingerprint density at radius 3 is 0.661 bits per heavy atom. The van der Waals surface area contributed by atoms with Crippen LogP contribution in [0.1, 0.15) is 63.7 Å². The minimum absolute atomic E-state index is 0. The maximum atomic E-state index is 12.0. The van der Waals surface area contributed by atoms with Crippen LogP contribution in [0.2, 0.25) is 0 Å². The second-order valence-electron chi connectivity index (χ2n) is 12.9. The smallest absolute Gasteiger partial charge is 0.545 e. The molecule has 0 atom stereocenters. The van der Waals surface area contributed by atoms with Gasteiger partial charge in [0.2, 0.25) is 0 Å². The molecule has 1 heterocycles. The molecule has 0 unspecified atom stereocenters. The van der Waals surface area contributed by atoms with E-state index in [0.717, 1.165) is 0 Å². The van der Waals surface area contributed by atoms with Crippen LogP contribution >= 0.6 is 0 Å². The van der Waals surface area contributed by atoms with Crippen molar-refractivity contribution in [3.05, 3.63) is 142 Å². The van der Waals surface area contributed by atoms with Gasteiger partial charge in [0.05, 0.1) is 23.9 Å². The van der Waals surface area contributed by atoms with Gasteiger partial charge in [-0.1, -0.05) is 97.1 Å². The van der Waals surface area contributed by atoms with Crippen molar-refractivity contribution >= 4 is 23.9 Å². The van der Waals surface area contributed by atoms with Crippen LogP contribution in [0.15, 0.2) is 97.1 Å². The van der Waals surface area contributed by atoms with Crippen LogP contribution in [-0.4, -0.2) is 95.8 Å². The Hall–Kier alpha value is -1.40. The van der Waals surface area contributed by atoms with Crippen molar-refractivity contribution in [1.82, 2.24) is 19.6 Å². The number of benzene rings is 4. The molecule has 5 rings (SSSR count). The fraction of sp³-hybridized carbons (Fsp3) is 0.300. The molecule has 0 amide bonds. The van der Waals surface area contributed by atoms with E-state index >= 15 is 0 Å². The number of carboxylic acid groups (broad SMARTS) is 4. The maximum Gasteiger partial charge on any atom is 1.00 e. The number of aromatic carboxylic acids is 4. The van der Waals surface area contributed by atoms with Gasteiger partial charge in [-0.3, -0.25) is 19.6 Å². The van der Waals surface area contributed by atoms with Crippen molar-refractivity contribution in [2.75, 3.05) is 52.4 Å². The number of carboxylic acids is 4. The molecule has 4 aromatic carbocycles. The third-order valence-electron chi connectivity index (χ3n) is 9.45. The van der Waals surface area contributed by atoms with E-state index in [1.165, 1.54) is 24.3 Å². The van der Waals surface area contributed by atoms with Crippen LogP contribution in [0.3, 0.4) is 0 Å². The number of carbonyl (C=O) groups excluding carboxylic acids is 4. The van der Waals surface area contributed by atoms with Crippen molar-refractivity contribution in [1.29, 1.82) is 0 Å². The van der Waals surface area contributed by atoms with E-state index in [1.54, 1.807) is 72.8 Å². The average molecular weight is 797 g/mol. The fourth-order valence-corrected chi connectivity index (χ4v) is 6.60. The second-order valence-corrected chi connectivity index (χ2v) is 12.9. The third kappa shape index (κ3) is 15.6. The van der Waals surface area contributed by atoms with E-state index in [9.17, 15) is 39.6 Å². The molecule has 56 heavy (non-hydrogen) atoms. The second kappa shape index (κ2) is 26.6. The largest absolute Gasteiger partial charge is 1.00 e. The predicted octanol–water partition coefficient (Wildman–Crippen LogP) is -12.5. The first-order chi connectivity index (χ1) is 25.1. The summed E-state index contributed by atoms with van der Waals surface area (Å²) >= 11 is 0. The summed E-state index contributed by atoms with van der Waals surface area (Å²) in [4.78, 5) is 56.5. The van der Waals surface area contributed by atoms with Gasteiger partial charge in [0.1, 0.15) is 0 Å². The van der Waals surface area contributed by atoms with E-state index in [2.05, 4.69) is 19.6 Å². The quantitative estimate of drug-likeness (QED) is 0.124. The van der Waals surface area contributed by atoms with Crippen molar-refractivity contribution in [3.63, 3.8) is 0 Å². The Balaban J connectivity index is 0.00000392. The fourth-order valence-electron chi connectivity index (χ4n) is 6.60. The van der Waals surface area contributed by atoms with Crippen LogP contribution in [-0.2, 0) is 26.2 Å². The molecule has 0 saturated carbocycles. The number of carbonyl (C=O) groups is 4. The molecule has 1 aliphatic heterocycles. The molecule has 0 radical (unpaired) electrons. The average Bonchev–Trinajstić information content (AvgIpc) is 3.13. The Kier molecular flexibility index (Phi) is 25.0. The molecule has 1 aliphatic rings. The standard InChI is InChI=1S/C40H44N4O8.4Na/c45-37(46)33-13-5-1-9-29(33)25-41-17-19-42(26-30-10-2-6-14-34(30)38(47)48)21-23-44(28-32-12-4-8-16-36(32)40(51)52)24-22-43(20-18-41)27-31-11-3-7-15-35(31)39(49)50;;;;/h1-16H,17-28H2,(H,45,46)(H,47,48)(H,49,50)(H,51,52);;;;/q;4*+1/p-4. The molecule has 0 bridgehead atoms. The molecule has 0 N–H and O–H groups in total. The van der Waals surface area contributed by atoms with Crippen LogP contribution in [0, 0.1) is 0 Å². The molecular weight excluding hydrogens is 756 g/mol. The van der Waals surface area contributed by atoms with Crippen LogP contribution in [0.4, 0.5) is 0 Å². The molecule has 4 aromatic rings. The monoisotopic (exact) mass is 796 g/mol. The zero-order chi connectivity index (χ0) is 37.0. The van der Waals surface area contributed by atoms with Crippen molar-refractivity contribution < 1.29 is 158 Å². The van der Waals surface area contributed by atoms with Gasteiger partial charge in [-0.25, -0.2) is 0 Å². The summed E-state index contributed by atoms with van der Waals surface area (Å²) < 4.78 is 0. The first-order valence-electron chi connectivity index (χ1n) is 17.2. The maximum absolute atomic E-state index is 12.0. The van der Waals surface area contributed by atoms with E-state index in [-0.39, 0.29) is 140 Å². The Morgan fingerprint density at radius 1 is 0.339 bits per heavy atom. The van der Waals surface area contributed by atoms with Crippen molar-refractivity contribution in [2.24, 2.45) is 0 Å². The van der Waals surface area contributed by atoms with Gasteiger partial charge < -0.3 is 39.6 Å². The summed E-state index contributed by atoms with van der Waals surface area (Å²) in [5.74, 6) is -5.09. The number of hydrogen-bond acceptors (Lipinski definition) is 12. The molecular formula is C40H40N4Na4O8. The van der Waals surface area contributed by atoms with Gasteiger partial charge in [-0.2, -0.15) is 0 Å². The SMILES string of the molecule is O=C([O-])c1ccccc1CN1CCN(Cc2ccccc2C(=O)[O-])CCN(Cc2ccccc2C(=O)[O-])CCN(Cc2ccccc2C(=O)[O-])CC1.[Na+].[Na+].[Na+].[Na+]. The van der Waals surface area contributed by atoms with Gasteiger partial charge in [0, 0.05) is 101 Å². The zero-order valence-electron chi connectivity index (χ0n) is 32.8. The van der Waals surface area contributed by atoms with Gasteiger partial charge in [0.25, 0.3) is 0 Å². The summed E-state index contributed by atoms with van der Waals surface area (Å²) in [6.45, 7) is 5.17. The first kappa shape index (κ1) is 52.6. The van der Waals surface area contributed by atoms with Gasteiger partial charge >= 0.3 is 118 Å². The first-order valence-corrected chi connectivity index (χ1v) is 17.2. The molecule has 0 aromatic heterocycles. The van der Waals surface area contributed by atoms with E-state index in [1.807, 2.05) is 0 Å². The third-order valence-corrected chi connectivity index (χ3v) is 9.45. The molecule has 272 valence electrons. The molecule has 0 spiro atoms. The van der Waals surface area contributed by atoms with Crippen molar-refractivity contribution in [2.45, 2.75) is 26.2 Å². The van der Waals surface area contributed by atoms with Gasteiger partial charge in [-0.15, -0.1) is 0 Å². The minimum atomic E-state index is -1.27. The Bertz CT molecular complexity index is 1620. The topological polar surface area (TPSA) is 173 Å². The van der Waals surface area contributed by atoms with Crippen LogP contribution < -0.4 is 139 Å². The van der Waals surface area contributed by atoms with E-state index in [4.69, 9.17) is 0 Å². The molecule has 16 heteroatoms. The minimum Gasteiger partial charge on any atom is -0.545 e. The summed E-state index contributed by atoms with van der Waals surface area (Å²) in [7, 11) is 0. The molecule has 12 nitrogen and oxygen atoms in total.